The van der Waals surface area contributed by atoms with Crippen LogP contribution in [-0.2, 0) is 30.7 Å². The number of hydrogen-bond donors (Lipinski definition) is 1. The zero-order valence-corrected chi connectivity index (χ0v) is 15.7. The van der Waals surface area contributed by atoms with Crippen LogP contribution in [0.5, 0.6) is 0 Å². The maximum atomic E-state index is 12.7. The van der Waals surface area contributed by atoms with E-state index >= 15 is 0 Å². The van der Waals surface area contributed by atoms with Crippen LogP contribution < -0.4 is 5.76 Å². The minimum absolute atomic E-state index is 0.0433. The number of aryl methyl sites for hydroxylation is 2. The number of oxazole rings is 1. The van der Waals surface area contributed by atoms with Crippen LogP contribution in [0, 0.1) is 6.92 Å². The molecule has 7 nitrogen and oxygen atoms in total. The van der Waals surface area contributed by atoms with E-state index in [1.807, 2.05) is 19.1 Å². The summed E-state index contributed by atoms with van der Waals surface area (Å²) in [4.78, 5) is 26.5. The Morgan fingerprint density at radius 2 is 2.11 bits per heavy atom. The molecule has 1 aromatic carbocycles. The van der Waals surface area contributed by atoms with E-state index in [-0.39, 0.29) is 12.5 Å². The van der Waals surface area contributed by atoms with E-state index in [0.29, 0.717) is 17.6 Å². The number of H-pyrrole nitrogens is 1. The van der Waals surface area contributed by atoms with Crippen molar-refractivity contribution in [2.75, 3.05) is 7.05 Å². The van der Waals surface area contributed by atoms with Crippen molar-refractivity contribution in [1.29, 1.82) is 0 Å². The van der Waals surface area contributed by atoms with Gasteiger partial charge in [0.15, 0.2) is 5.58 Å². The van der Waals surface area contributed by atoms with Gasteiger partial charge < -0.3 is 9.32 Å². The Labute approximate surface area is 157 Å². The van der Waals surface area contributed by atoms with Crippen molar-refractivity contribution in [3.8, 4) is 0 Å². The van der Waals surface area contributed by atoms with Crippen molar-refractivity contribution in [3.05, 3.63) is 51.3 Å². The van der Waals surface area contributed by atoms with Crippen molar-refractivity contribution in [3.63, 3.8) is 0 Å². The Balaban J connectivity index is 1.52. The van der Waals surface area contributed by atoms with Gasteiger partial charge in [-0.15, -0.1) is 0 Å². The van der Waals surface area contributed by atoms with E-state index in [0.717, 1.165) is 30.5 Å². The first kappa shape index (κ1) is 17.6. The van der Waals surface area contributed by atoms with E-state index in [1.165, 1.54) is 28.7 Å². The summed E-state index contributed by atoms with van der Waals surface area (Å²) < 4.78 is 6.64. The number of nitrogens with zero attached hydrogens (tertiary/aromatic N) is 3. The summed E-state index contributed by atoms with van der Waals surface area (Å²) in [7, 11) is 1.75. The molecule has 1 aliphatic rings. The van der Waals surface area contributed by atoms with Crippen molar-refractivity contribution >= 4 is 17.0 Å². The second kappa shape index (κ2) is 7.06. The Morgan fingerprint density at radius 3 is 2.96 bits per heavy atom. The molecule has 1 N–H and O–H groups in total. The van der Waals surface area contributed by atoms with E-state index in [2.05, 4.69) is 10.2 Å². The Kier molecular flexibility index (Phi) is 4.59. The fourth-order valence-corrected chi connectivity index (χ4v) is 3.75. The van der Waals surface area contributed by atoms with Crippen molar-refractivity contribution in [2.24, 2.45) is 0 Å². The SMILES string of the molecule is Cc1ccc2oc(=O)n(CC(=O)N(C)Cc3n[nH]c4c3CCCCC4)c2c1. The van der Waals surface area contributed by atoms with Gasteiger partial charge in [-0.05, 0) is 55.9 Å². The highest BCUT2D eigenvalue weighted by Gasteiger charge is 2.20. The topological polar surface area (TPSA) is 84.1 Å². The van der Waals surface area contributed by atoms with Gasteiger partial charge in [0.1, 0.15) is 6.54 Å². The van der Waals surface area contributed by atoms with Gasteiger partial charge in [-0.2, -0.15) is 5.10 Å². The molecule has 0 radical (unpaired) electrons. The third-order valence-corrected chi connectivity index (χ3v) is 5.32. The Morgan fingerprint density at radius 1 is 1.30 bits per heavy atom. The molecule has 2 aromatic heterocycles. The number of hydrogen-bond acceptors (Lipinski definition) is 4. The number of nitrogens with one attached hydrogen (secondary N) is 1. The van der Waals surface area contributed by atoms with E-state index in [9.17, 15) is 9.59 Å². The average Bonchev–Trinajstić information content (AvgIpc) is 3.05. The van der Waals surface area contributed by atoms with Gasteiger partial charge in [0.25, 0.3) is 0 Å². The largest absolute Gasteiger partial charge is 0.420 e. The maximum absolute atomic E-state index is 12.7. The number of amides is 1. The second-order valence-electron chi connectivity index (χ2n) is 7.36. The molecule has 0 spiro atoms. The summed E-state index contributed by atoms with van der Waals surface area (Å²) in [5.74, 6) is -0.655. The number of aromatic amines is 1. The van der Waals surface area contributed by atoms with Gasteiger partial charge in [0.05, 0.1) is 17.8 Å². The number of aromatic nitrogens is 3. The first-order valence-corrected chi connectivity index (χ1v) is 9.42. The van der Waals surface area contributed by atoms with Crippen LogP contribution in [0.2, 0.25) is 0 Å². The number of likely N-dealkylation sites (N-methyl/N-ethyl adjacent to an activating group) is 1. The number of rotatable bonds is 4. The smallest absolute Gasteiger partial charge is 0.408 e. The van der Waals surface area contributed by atoms with Gasteiger partial charge in [-0.1, -0.05) is 12.5 Å². The summed E-state index contributed by atoms with van der Waals surface area (Å²) in [5, 5.41) is 7.57. The molecule has 0 atom stereocenters. The molecule has 3 aromatic rings. The van der Waals surface area contributed by atoms with Crippen LogP contribution in [0.3, 0.4) is 0 Å². The third kappa shape index (κ3) is 3.41. The van der Waals surface area contributed by atoms with Gasteiger partial charge >= 0.3 is 5.76 Å². The fourth-order valence-electron chi connectivity index (χ4n) is 3.75. The van der Waals surface area contributed by atoms with Gasteiger partial charge in [-0.25, -0.2) is 4.79 Å². The lowest BCUT2D eigenvalue weighted by atomic mass is 10.1. The van der Waals surface area contributed by atoms with Crippen LogP contribution in [0.25, 0.3) is 11.1 Å². The van der Waals surface area contributed by atoms with E-state index in [1.54, 1.807) is 18.0 Å². The summed E-state index contributed by atoms with van der Waals surface area (Å²) in [6.07, 6.45) is 5.60. The molecular weight excluding hydrogens is 344 g/mol. The molecule has 0 unspecified atom stereocenters. The Bertz CT molecular complexity index is 1040. The normalized spacial score (nSPS) is 14.1. The first-order valence-electron chi connectivity index (χ1n) is 9.42. The van der Waals surface area contributed by atoms with Crippen molar-refractivity contribution in [2.45, 2.75) is 52.1 Å². The first-order chi connectivity index (χ1) is 13.0. The van der Waals surface area contributed by atoms with Crippen LogP contribution >= 0.6 is 0 Å². The number of benzene rings is 1. The molecule has 27 heavy (non-hydrogen) atoms. The van der Waals surface area contributed by atoms with Gasteiger partial charge in [-0.3, -0.25) is 14.5 Å². The molecule has 142 valence electrons. The summed E-state index contributed by atoms with van der Waals surface area (Å²) in [6, 6.07) is 5.50. The van der Waals surface area contributed by atoms with Crippen molar-refractivity contribution in [1.82, 2.24) is 19.7 Å². The molecule has 7 heteroatoms. The van der Waals surface area contributed by atoms with Gasteiger partial charge in [0.2, 0.25) is 5.91 Å². The fraction of sp³-hybridized carbons (Fsp3) is 0.450. The maximum Gasteiger partial charge on any atom is 0.420 e. The van der Waals surface area contributed by atoms with E-state index in [4.69, 9.17) is 4.42 Å². The molecule has 0 saturated heterocycles. The Hall–Kier alpha value is -2.83. The van der Waals surface area contributed by atoms with E-state index < -0.39 is 5.76 Å². The zero-order chi connectivity index (χ0) is 19.0. The highest BCUT2D eigenvalue weighted by atomic mass is 16.4. The minimum Gasteiger partial charge on any atom is -0.408 e. The standard InChI is InChI=1S/C20H24N4O3/c1-13-8-9-18-17(10-13)24(20(26)27-18)12-19(25)23(2)11-16-14-6-4-3-5-7-15(14)21-22-16/h8-10H,3-7,11-12H2,1-2H3,(H,21,22). The van der Waals surface area contributed by atoms with Crippen molar-refractivity contribution < 1.29 is 9.21 Å². The molecule has 0 saturated carbocycles. The molecule has 0 aliphatic heterocycles. The third-order valence-electron chi connectivity index (χ3n) is 5.32. The molecule has 4 rings (SSSR count). The number of carbonyl (C=O) groups excluding carboxylic acids is 1. The average molecular weight is 368 g/mol. The van der Waals surface area contributed by atoms with Crippen LogP contribution in [0.15, 0.2) is 27.4 Å². The molecule has 0 bridgehead atoms. The molecular formula is C20H24N4O3. The lowest BCUT2D eigenvalue weighted by Gasteiger charge is -2.17. The summed E-state index contributed by atoms with van der Waals surface area (Å²) in [6.45, 7) is 2.34. The lowest BCUT2D eigenvalue weighted by molar-refractivity contribution is -0.131. The summed E-state index contributed by atoms with van der Waals surface area (Å²) >= 11 is 0. The predicted molar refractivity (Wildman–Crippen MR) is 102 cm³/mol. The predicted octanol–water partition coefficient (Wildman–Crippen LogP) is 2.55. The minimum atomic E-state index is -0.508. The molecule has 0 fully saturated rings. The summed E-state index contributed by atoms with van der Waals surface area (Å²) in [5.41, 5.74) is 5.55. The number of carbonyl (C=O) groups is 1. The van der Waals surface area contributed by atoms with Crippen LogP contribution in [0.4, 0.5) is 0 Å². The molecule has 1 aliphatic carbocycles. The lowest BCUT2D eigenvalue weighted by Crippen LogP contribution is -2.32. The number of fused-ring (bicyclic) bond motifs is 2. The monoisotopic (exact) mass is 368 g/mol. The second-order valence-corrected chi connectivity index (χ2v) is 7.36. The zero-order valence-electron chi connectivity index (χ0n) is 15.7. The van der Waals surface area contributed by atoms with Gasteiger partial charge in [0, 0.05) is 12.7 Å². The van der Waals surface area contributed by atoms with Crippen LogP contribution in [0.1, 0.15) is 41.8 Å². The highest BCUT2D eigenvalue weighted by Crippen LogP contribution is 2.22. The van der Waals surface area contributed by atoms with Crippen LogP contribution in [-0.4, -0.2) is 32.6 Å². The molecule has 1 amide bonds. The highest BCUT2D eigenvalue weighted by molar-refractivity contribution is 5.79. The quantitative estimate of drug-likeness (QED) is 0.717. The molecule has 2 heterocycles.